The highest BCUT2D eigenvalue weighted by atomic mass is 16.3. The highest BCUT2D eigenvalue weighted by Crippen LogP contribution is 2.14. The van der Waals surface area contributed by atoms with Gasteiger partial charge in [-0.3, -0.25) is 9.59 Å². The van der Waals surface area contributed by atoms with Gasteiger partial charge in [0.05, 0.1) is 6.54 Å². The summed E-state index contributed by atoms with van der Waals surface area (Å²) in [6.07, 6.45) is 0.698. The van der Waals surface area contributed by atoms with Crippen LogP contribution >= 0.6 is 0 Å². The molecule has 17 heavy (non-hydrogen) atoms. The van der Waals surface area contributed by atoms with Crippen LogP contribution in [0.3, 0.4) is 0 Å². The van der Waals surface area contributed by atoms with Gasteiger partial charge in [-0.1, -0.05) is 12.1 Å². The Hall–Kier alpha value is -2.04. The quantitative estimate of drug-likeness (QED) is 0.760. The molecule has 1 aliphatic rings. The molecule has 1 N–H and O–H groups in total. The highest BCUT2D eigenvalue weighted by molar-refractivity contribution is 5.81. The van der Waals surface area contributed by atoms with Crippen LogP contribution in [-0.2, 0) is 16.1 Å². The molecular formula is C12H14N2O3. The van der Waals surface area contributed by atoms with Gasteiger partial charge in [0.15, 0.2) is 0 Å². The fraction of sp³-hybridized carbons (Fsp3) is 0.333. The Morgan fingerprint density at radius 1 is 1.35 bits per heavy atom. The average Bonchev–Trinajstić information content (AvgIpc) is 2.32. The number of hydrogen-bond acceptors (Lipinski definition) is 3. The van der Waals surface area contributed by atoms with Gasteiger partial charge in [0.25, 0.3) is 0 Å². The van der Waals surface area contributed by atoms with Gasteiger partial charge in [0, 0.05) is 19.6 Å². The third-order valence-electron chi connectivity index (χ3n) is 2.78. The Balaban J connectivity index is 2.00. The molecule has 1 aliphatic heterocycles. The summed E-state index contributed by atoms with van der Waals surface area (Å²) in [7, 11) is 0. The van der Waals surface area contributed by atoms with Crippen LogP contribution in [0.1, 0.15) is 5.56 Å². The van der Waals surface area contributed by atoms with Crippen molar-refractivity contribution in [1.82, 2.24) is 9.80 Å². The monoisotopic (exact) mass is 234 g/mol. The first-order chi connectivity index (χ1) is 8.19. The Morgan fingerprint density at radius 2 is 2.18 bits per heavy atom. The molecule has 1 heterocycles. The second-order valence-electron chi connectivity index (χ2n) is 4.06. The van der Waals surface area contributed by atoms with Gasteiger partial charge in [-0.25, -0.2) is 0 Å². The van der Waals surface area contributed by atoms with Crippen LogP contribution in [0.2, 0.25) is 0 Å². The van der Waals surface area contributed by atoms with E-state index in [4.69, 9.17) is 0 Å². The molecule has 1 saturated heterocycles. The van der Waals surface area contributed by atoms with Gasteiger partial charge < -0.3 is 14.9 Å². The van der Waals surface area contributed by atoms with Gasteiger partial charge in [-0.05, 0) is 17.7 Å². The van der Waals surface area contributed by atoms with Crippen molar-refractivity contribution in [2.45, 2.75) is 6.54 Å². The van der Waals surface area contributed by atoms with E-state index >= 15 is 0 Å². The van der Waals surface area contributed by atoms with E-state index in [1.54, 1.807) is 23.1 Å². The van der Waals surface area contributed by atoms with Crippen molar-refractivity contribution >= 4 is 12.3 Å². The van der Waals surface area contributed by atoms with Crippen molar-refractivity contribution in [3.05, 3.63) is 29.8 Å². The predicted molar refractivity (Wildman–Crippen MR) is 61.2 cm³/mol. The van der Waals surface area contributed by atoms with Crippen molar-refractivity contribution < 1.29 is 14.7 Å². The summed E-state index contributed by atoms with van der Waals surface area (Å²) in [5, 5.41) is 9.33. The van der Waals surface area contributed by atoms with Crippen LogP contribution in [0.4, 0.5) is 0 Å². The number of nitrogens with zero attached hydrogens (tertiary/aromatic N) is 2. The molecule has 90 valence electrons. The molecule has 2 amide bonds. The van der Waals surface area contributed by atoms with Crippen LogP contribution < -0.4 is 0 Å². The van der Waals surface area contributed by atoms with Crippen LogP contribution in [0, 0.1) is 0 Å². The van der Waals surface area contributed by atoms with Crippen LogP contribution in [0.5, 0.6) is 5.75 Å². The third kappa shape index (κ3) is 2.75. The number of amides is 2. The average molecular weight is 234 g/mol. The molecule has 0 bridgehead atoms. The number of phenolic OH excluding ortho intramolecular Hbond substituents is 1. The van der Waals surface area contributed by atoms with Gasteiger partial charge >= 0.3 is 0 Å². The molecule has 1 fully saturated rings. The normalized spacial score (nSPS) is 16.1. The summed E-state index contributed by atoms with van der Waals surface area (Å²) < 4.78 is 0. The maximum absolute atomic E-state index is 11.7. The fourth-order valence-electron chi connectivity index (χ4n) is 1.86. The maximum Gasteiger partial charge on any atom is 0.242 e. The molecule has 0 aromatic heterocycles. The molecule has 0 saturated carbocycles. The number of carbonyl (C=O) groups is 2. The molecule has 0 atom stereocenters. The largest absolute Gasteiger partial charge is 0.508 e. The van der Waals surface area contributed by atoms with E-state index in [0.717, 1.165) is 5.56 Å². The lowest BCUT2D eigenvalue weighted by atomic mass is 10.2. The summed E-state index contributed by atoms with van der Waals surface area (Å²) >= 11 is 0. The van der Waals surface area contributed by atoms with Crippen molar-refractivity contribution in [3.8, 4) is 5.75 Å². The molecule has 0 radical (unpaired) electrons. The van der Waals surface area contributed by atoms with Crippen LogP contribution in [-0.4, -0.2) is 46.9 Å². The van der Waals surface area contributed by atoms with E-state index in [0.29, 0.717) is 26.0 Å². The Labute approximate surface area is 99.3 Å². The first kappa shape index (κ1) is 11.4. The Bertz CT molecular complexity index is 434. The topological polar surface area (TPSA) is 60.9 Å². The summed E-state index contributed by atoms with van der Waals surface area (Å²) in [5.41, 5.74) is 0.887. The smallest absolute Gasteiger partial charge is 0.242 e. The number of hydrogen-bond donors (Lipinski definition) is 1. The van der Waals surface area contributed by atoms with Crippen molar-refractivity contribution in [2.24, 2.45) is 0 Å². The molecule has 0 spiro atoms. The zero-order valence-corrected chi connectivity index (χ0v) is 9.37. The molecule has 1 aromatic carbocycles. The lowest BCUT2D eigenvalue weighted by Crippen LogP contribution is -2.49. The Kier molecular flexibility index (Phi) is 3.27. The first-order valence-electron chi connectivity index (χ1n) is 5.44. The van der Waals surface area contributed by atoms with E-state index in [2.05, 4.69) is 0 Å². The van der Waals surface area contributed by atoms with Crippen molar-refractivity contribution in [1.29, 1.82) is 0 Å². The van der Waals surface area contributed by atoms with Gasteiger partial charge in [0.1, 0.15) is 5.75 Å². The standard InChI is InChI=1S/C12H14N2O3/c15-9-13-4-5-14(12(17)8-13)7-10-2-1-3-11(16)6-10/h1-3,6,9,16H,4-5,7-8H2. The minimum Gasteiger partial charge on any atom is -0.508 e. The molecule has 5 heteroatoms. The SMILES string of the molecule is O=CN1CCN(Cc2cccc(O)c2)C(=O)C1. The number of piperazine rings is 1. The molecule has 5 nitrogen and oxygen atoms in total. The third-order valence-corrected chi connectivity index (χ3v) is 2.78. The summed E-state index contributed by atoms with van der Waals surface area (Å²) in [5.74, 6) is 0.133. The van der Waals surface area contributed by atoms with Crippen molar-refractivity contribution in [3.63, 3.8) is 0 Å². The van der Waals surface area contributed by atoms with Gasteiger partial charge in [0.2, 0.25) is 12.3 Å². The molecule has 2 rings (SSSR count). The number of benzene rings is 1. The van der Waals surface area contributed by atoms with Gasteiger partial charge in [-0.15, -0.1) is 0 Å². The molecule has 1 aromatic rings. The lowest BCUT2D eigenvalue weighted by molar-refractivity contribution is -0.140. The number of carbonyl (C=O) groups excluding carboxylic acids is 2. The number of aromatic hydroxyl groups is 1. The van der Waals surface area contributed by atoms with E-state index < -0.39 is 0 Å². The minimum absolute atomic E-state index is 0.0632. The molecular weight excluding hydrogens is 220 g/mol. The second kappa shape index (κ2) is 4.86. The predicted octanol–water partition coefficient (Wildman–Crippen LogP) is 0.193. The summed E-state index contributed by atoms with van der Waals surface area (Å²) in [4.78, 5) is 25.4. The minimum atomic E-state index is -0.0632. The summed E-state index contributed by atoms with van der Waals surface area (Å²) in [6, 6.07) is 6.84. The maximum atomic E-state index is 11.7. The number of phenols is 1. The van der Waals surface area contributed by atoms with E-state index in [9.17, 15) is 14.7 Å². The van der Waals surface area contributed by atoms with E-state index in [-0.39, 0.29) is 18.2 Å². The summed E-state index contributed by atoms with van der Waals surface area (Å²) in [6.45, 7) is 1.71. The van der Waals surface area contributed by atoms with Crippen LogP contribution in [0.15, 0.2) is 24.3 Å². The molecule has 0 unspecified atom stereocenters. The van der Waals surface area contributed by atoms with Crippen LogP contribution in [0.25, 0.3) is 0 Å². The van der Waals surface area contributed by atoms with Gasteiger partial charge in [-0.2, -0.15) is 0 Å². The zero-order valence-electron chi connectivity index (χ0n) is 9.37. The number of rotatable bonds is 3. The second-order valence-corrected chi connectivity index (χ2v) is 4.06. The van der Waals surface area contributed by atoms with E-state index in [1.807, 2.05) is 6.07 Å². The van der Waals surface area contributed by atoms with Crippen molar-refractivity contribution in [2.75, 3.05) is 19.6 Å². The zero-order chi connectivity index (χ0) is 12.3. The lowest BCUT2D eigenvalue weighted by Gasteiger charge is -2.32. The van der Waals surface area contributed by atoms with E-state index in [1.165, 1.54) is 4.90 Å². The highest BCUT2D eigenvalue weighted by Gasteiger charge is 2.22. The first-order valence-corrected chi connectivity index (χ1v) is 5.44. The fourth-order valence-corrected chi connectivity index (χ4v) is 1.86. The molecule has 0 aliphatic carbocycles. The Morgan fingerprint density at radius 3 is 2.82 bits per heavy atom.